The summed E-state index contributed by atoms with van der Waals surface area (Å²) in [5.41, 5.74) is 5.08. The number of halogens is 1. The fraction of sp³-hybridized carbons (Fsp3) is 0.900. The van der Waals surface area contributed by atoms with Gasteiger partial charge < -0.3 is 15.4 Å². The van der Waals surface area contributed by atoms with Gasteiger partial charge >= 0.3 is 6.09 Å². The smallest absolute Gasteiger partial charge is 0.410 e. The Bertz CT molecular complexity index is 230. The van der Waals surface area contributed by atoms with Crippen LogP contribution in [-0.2, 0) is 4.74 Å². The van der Waals surface area contributed by atoms with Crippen LogP contribution in [0.2, 0.25) is 0 Å². The highest BCUT2D eigenvalue weighted by Crippen LogP contribution is 2.16. The minimum absolute atomic E-state index is 0.0859. The molecular weight excluding hydrogens is 199 g/mol. The zero-order valence-electron chi connectivity index (χ0n) is 9.50. The van der Waals surface area contributed by atoms with Crippen molar-refractivity contribution in [2.45, 2.75) is 45.0 Å². The Morgan fingerprint density at radius 2 is 2.07 bits per heavy atom. The molecule has 15 heavy (non-hydrogen) atoms. The fourth-order valence-electron chi connectivity index (χ4n) is 1.55. The molecule has 1 rings (SSSR count). The average molecular weight is 218 g/mol. The van der Waals surface area contributed by atoms with Crippen LogP contribution in [0.1, 0.15) is 27.2 Å². The predicted octanol–water partition coefficient (Wildman–Crippen LogP) is 1.29. The number of nitrogens with zero attached hydrogens (tertiary/aromatic N) is 1. The predicted molar refractivity (Wildman–Crippen MR) is 55.3 cm³/mol. The highest BCUT2D eigenvalue weighted by Gasteiger charge is 2.30. The number of carbonyl (C=O) groups is 1. The summed E-state index contributed by atoms with van der Waals surface area (Å²) >= 11 is 0. The normalized spacial score (nSPS) is 27.7. The summed E-state index contributed by atoms with van der Waals surface area (Å²) in [7, 11) is 0. The van der Waals surface area contributed by atoms with E-state index in [0.717, 1.165) is 0 Å². The maximum Gasteiger partial charge on any atom is 0.410 e. The quantitative estimate of drug-likeness (QED) is 0.666. The third-order valence-electron chi connectivity index (χ3n) is 2.08. The molecule has 0 aromatic rings. The van der Waals surface area contributed by atoms with E-state index in [9.17, 15) is 9.18 Å². The van der Waals surface area contributed by atoms with Crippen molar-refractivity contribution in [2.24, 2.45) is 5.73 Å². The monoisotopic (exact) mass is 218 g/mol. The van der Waals surface area contributed by atoms with Crippen LogP contribution in [0.4, 0.5) is 9.18 Å². The highest BCUT2D eigenvalue weighted by atomic mass is 19.1. The lowest BCUT2D eigenvalue weighted by molar-refractivity contribution is 0.0115. The largest absolute Gasteiger partial charge is 0.444 e. The van der Waals surface area contributed by atoms with E-state index in [1.54, 1.807) is 20.8 Å². The van der Waals surface area contributed by atoms with E-state index in [4.69, 9.17) is 10.5 Å². The van der Waals surface area contributed by atoms with Crippen molar-refractivity contribution in [1.82, 2.24) is 4.90 Å². The highest BCUT2D eigenvalue weighted by molar-refractivity contribution is 5.68. The van der Waals surface area contributed by atoms with E-state index in [2.05, 4.69) is 0 Å². The van der Waals surface area contributed by atoms with Gasteiger partial charge in [0.1, 0.15) is 11.8 Å². The number of hydrogen-bond acceptors (Lipinski definition) is 3. The van der Waals surface area contributed by atoms with Gasteiger partial charge in [-0.15, -0.1) is 0 Å². The van der Waals surface area contributed by atoms with Crippen LogP contribution in [-0.4, -0.2) is 41.9 Å². The van der Waals surface area contributed by atoms with Crippen LogP contribution in [0.15, 0.2) is 0 Å². The van der Waals surface area contributed by atoms with Gasteiger partial charge in [-0.1, -0.05) is 0 Å². The molecule has 0 bridgehead atoms. The Kier molecular flexibility index (Phi) is 3.54. The van der Waals surface area contributed by atoms with Crippen molar-refractivity contribution >= 4 is 6.09 Å². The number of alkyl halides is 1. The third kappa shape index (κ3) is 4.03. The minimum Gasteiger partial charge on any atom is -0.444 e. The van der Waals surface area contributed by atoms with Crippen molar-refractivity contribution in [3.05, 3.63) is 0 Å². The topological polar surface area (TPSA) is 55.6 Å². The lowest BCUT2D eigenvalue weighted by Gasteiger charge is -2.34. The molecular formula is C10H19FN2O2. The number of amides is 1. The summed E-state index contributed by atoms with van der Waals surface area (Å²) in [6, 6.07) is -0.290. The van der Waals surface area contributed by atoms with Crippen LogP contribution in [0.25, 0.3) is 0 Å². The lowest BCUT2D eigenvalue weighted by atomic mass is 10.1. The molecule has 1 saturated heterocycles. The third-order valence-corrected chi connectivity index (χ3v) is 2.08. The molecule has 0 aromatic carbocycles. The molecule has 1 unspecified atom stereocenters. The van der Waals surface area contributed by atoms with Crippen LogP contribution < -0.4 is 5.73 Å². The van der Waals surface area contributed by atoms with Gasteiger partial charge in [0.25, 0.3) is 0 Å². The molecule has 1 aliphatic heterocycles. The zero-order valence-corrected chi connectivity index (χ0v) is 9.50. The summed E-state index contributed by atoms with van der Waals surface area (Å²) in [5, 5.41) is 0. The van der Waals surface area contributed by atoms with Crippen molar-refractivity contribution in [3.8, 4) is 0 Å². The summed E-state index contributed by atoms with van der Waals surface area (Å²) < 4.78 is 18.3. The van der Waals surface area contributed by atoms with Crippen molar-refractivity contribution < 1.29 is 13.9 Å². The molecule has 4 nitrogen and oxygen atoms in total. The molecule has 1 amide bonds. The molecule has 1 aliphatic rings. The van der Waals surface area contributed by atoms with Gasteiger partial charge in [0.05, 0.1) is 6.54 Å². The second-order valence-electron chi connectivity index (χ2n) is 4.98. The summed E-state index contributed by atoms with van der Waals surface area (Å²) in [4.78, 5) is 12.9. The fourth-order valence-corrected chi connectivity index (χ4v) is 1.55. The van der Waals surface area contributed by atoms with Crippen LogP contribution >= 0.6 is 0 Å². The number of piperidine rings is 1. The summed E-state index contributed by atoms with van der Waals surface area (Å²) in [5.74, 6) is 0. The number of nitrogens with two attached hydrogens (primary N) is 1. The molecule has 0 spiro atoms. The number of ether oxygens (including phenoxy) is 1. The second-order valence-corrected chi connectivity index (χ2v) is 4.98. The molecule has 0 radical (unpaired) electrons. The Morgan fingerprint density at radius 3 is 2.53 bits per heavy atom. The first kappa shape index (κ1) is 12.2. The van der Waals surface area contributed by atoms with E-state index in [1.165, 1.54) is 4.90 Å². The Balaban J connectivity index is 2.52. The van der Waals surface area contributed by atoms with Crippen molar-refractivity contribution in [2.75, 3.05) is 13.1 Å². The van der Waals surface area contributed by atoms with Gasteiger partial charge in [-0.2, -0.15) is 0 Å². The molecule has 0 aliphatic carbocycles. The number of hydrogen-bond donors (Lipinski definition) is 1. The first-order valence-electron chi connectivity index (χ1n) is 5.15. The Labute approximate surface area is 89.6 Å². The van der Waals surface area contributed by atoms with E-state index >= 15 is 0 Å². The maximum absolute atomic E-state index is 13.1. The number of likely N-dealkylation sites (tertiary alicyclic amines) is 1. The van der Waals surface area contributed by atoms with E-state index in [0.29, 0.717) is 13.0 Å². The molecule has 0 aromatic heterocycles. The minimum atomic E-state index is -1.04. The Hall–Kier alpha value is -0.840. The van der Waals surface area contributed by atoms with Crippen LogP contribution in [0.3, 0.4) is 0 Å². The molecule has 1 fully saturated rings. The molecule has 1 heterocycles. The van der Waals surface area contributed by atoms with Gasteiger partial charge in [-0.3, -0.25) is 0 Å². The molecule has 2 N–H and O–H groups in total. The van der Waals surface area contributed by atoms with Crippen molar-refractivity contribution in [3.63, 3.8) is 0 Å². The van der Waals surface area contributed by atoms with Gasteiger partial charge in [-0.25, -0.2) is 9.18 Å². The zero-order chi connectivity index (χ0) is 11.6. The maximum atomic E-state index is 13.1. The molecule has 88 valence electrons. The first-order chi connectivity index (χ1) is 6.78. The average Bonchev–Trinajstić information content (AvgIpc) is 1.98. The standard InChI is InChI=1S/C10H19FN2O2/c1-10(2,3)15-9(14)13-5-7(11)4-8(12)6-13/h7-8H,4-6,12H2,1-3H3/t7?,8-/m0/s1. The Morgan fingerprint density at radius 1 is 1.47 bits per heavy atom. The van der Waals surface area contributed by atoms with Crippen LogP contribution in [0.5, 0.6) is 0 Å². The molecule has 2 atom stereocenters. The van der Waals surface area contributed by atoms with Crippen LogP contribution in [0, 0.1) is 0 Å². The van der Waals surface area contributed by atoms with E-state index < -0.39 is 17.9 Å². The first-order valence-corrected chi connectivity index (χ1v) is 5.15. The van der Waals surface area contributed by atoms with Gasteiger partial charge in [-0.05, 0) is 27.2 Å². The van der Waals surface area contributed by atoms with E-state index in [-0.39, 0.29) is 12.6 Å². The second kappa shape index (κ2) is 4.35. The number of carbonyl (C=O) groups excluding carboxylic acids is 1. The van der Waals surface area contributed by atoms with Gasteiger partial charge in [0.2, 0.25) is 0 Å². The molecule has 0 saturated carbocycles. The van der Waals surface area contributed by atoms with Crippen molar-refractivity contribution in [1.29, 1.82) is 0 Å². The SMILES string of the molecule is CC(C)(C)OC(=O)N1CC(F)C[C@H](N)C1. The lowest BCUT2D eigenvalue weighted by Crippen LogP contribution is -2.51. The summed E-state index contributed by atoms with van der Waals surface area (Å²) in [6.07, 6.45) is -1.21. The van der Waals surface area contributed by atoms with E-state index in [1.807, 2.05) is 0 Å². The number of rotatable bonds is 0. The summed E-state index contributed by atoms with van der Waals surface area (Å²) in [6.45, 7) is 5.79. The van der Waals surface area contributed by atoms with Gasteiger partial charge in [0.15, 0.2) is 0 Å². The van der Waals surface area contributed by atoms with Gasteiger partial charge in [0, 0.05) is 12.6 Å². The molecule has 5 heteroatoms.